The molecule has 0 aliphatic carbocycles. The van der Waals surface area contributed by atoms with Crippen molar-refractivity contribution in [3.63, 3.8) is 0 Å². The van der Waals surface area contributed by atoms with Crippen LogP contribution in [0.4, 0.5) is 5.69 Å². The summed E-state index contributed by atoms with van der Waals surface area (Å²) in [4.78, 5) is 12.1. The minimum Gasteiger partial charge on any atom is -0.326 e. The van der Waals surface area contributed by atoms with Crippen LogP contribution in [0.5, 0.6) is 0 Å². The highest BCUT2D eigenvalue weighted by molar-refractivity contribution is 5.91. The lowest BCUT2D eigenvalue weighted by Gasteiger charge is -2.09. The molecule has 1 N–H and O–H groups in total. The van der Waals surface area contributed by atoms with E-state index < -0.39 is 0 Å². The monoisotopic (exact) mass is 294 g/mol. The van der Waals surface area contributed by atoms with Crippen molar-refractivity contribution in [2.75, 3.05) is 5.32 Å². The Labute approximate surface area is 129 Å². The Balaban J connectivity index is 1.66. The molecule has 0 aliphatic heterocycles. The predicted octanol–water partition coefficient (Wildman–Crippen LogP) is 3.08. The van der Waals surface area contributed by atoms with Gasteiger partial charge in [0.1, 0.15) is 5.52 Å². The maximum Gasteiger partial charge on any atom is 0.226 e. The van der Waals surface area contributed by atoms with E-state index in [2.05, 4.69) is 15.6 Å². The molecule has 112 valence electrons. The zero-order chi connectivity index (χ0) is 15.5. The average molecular weight is 294 g/mol. The van der Waals surface area contributed by atoms with Crippen molar-refractivity contribution in [2.45, 2.75) is 26.8 Å². The number of nitrogens with zero attached hydrogens (tertiary/aromatic N) is 3. The third-order valence-electron chi connectivity index (χ3n) is 3.64. The molecule has 22 heavy (non-hydrogen) atoms. The van der Waals surface area contributed by atoms with Gasteiger partial charge in [-0.05, 0) is 43.2 Å². The van der Waals surface area contributed by atoms with Crippen LogP contribution in [0.2, 0.25) is 0 Å². The molecular formula is C17H18N4O. The van der Waals surface area contributed by atoms with E-state index in [1.165, 1.54) is 0 Å². The van der Waals surface area contributed by atoms with Crippen molar-refractivity contribution in [1.29, 1.82) is 0 Å². The molecule has 0 bridgehead atoms. The molecule has 2 aromatic carbocycles. The van der Waals surface area contributed by atoms with Crippen LogP contribution in [0.25, 0.3) is 11.0 Å². The van der Waals surface area contributed by atoms with Crippen molar-refractivity contribution in [3.8, 4) is 0 Å². The van der Waals surface area contributed by atoms with Crippen LogP contribution in [0.1, 0.15) is 17.5 Å². The topological polar surface area (TPSA) is 59.8 Å². The summed E-state index contributed by atoms with van der Waals surface area (Å²) in [5, 5.41) is 11.1. The molecule has 0 aliphatic rings. The van der Waals surface area contributed by atoms with Gasteiger partial charge in [0.25, 0.3) is 0 Å². The summed E-state index contributed by atoms with van der Waals surface area (Å²) in [5.41, 5.74) is 4.85. The Morgan fingerprint density at radius 1 is 1.18 bits per heavy atom. The zero-order valence-corrected chi connectivity index (χ0v) is 12.7. The quantitative estimate of drug-likeness (QED) is 0.804. The molecule has 0 spiro atoms. The molecule has 1 aromatic heterocycles. The normalized spacial score (nSPS) is 10.8. The minimum absolute atomic E-state index is 0.0201. The van der Waals surface area contributed by atoms with Crippen molar-refractivity contribution in [1.82, 2.24) is 15.0 Å². The average Bonchev–Trinajstić information content (AvgIpc) is 2.92. The number of anilines is 1. The van der Waals surface area contributed by atoms with Crippen LogP contribution >= 0.6 is 0 Å². The van der Waals surface area contributed by atoms with Crippen LogP contribution < -0.4 is 5.32 Å². The van der Waals surface area contributed by atoms with Gasteiger partial charge in [-0.25, -0.2) is 4.68 Å². The highest BCUT2D eigenvalue weighted by Crippen LogP contribution is 2.17. The molecule has 0 atom stereocenters. The molecule has 3 rings (SSSR count). The van der Waals surface area contributed by atoms with Gasteiger partial charge in [-0.3, -0.25) is 4.79 Å². The van der Waals surface area contributed by atoms with Gasteiger partial charge < -0.3 is 5.32 Å². The summed E-state index contributed by atoms with van der Waals surface area (Å²) in [6, 6.07) is 13.8. The first-order valence-electron chi connectivity index (χ1n) is 7.29. The van der Waals surface area contributed by atoms with Gasteiger partial charge in [-0.15, -0.1) is 5.10 Å². The number of para-hydroxylation sites is 1. The number of hydrogen-bond acceptors (Lipinski definition) is 3. The van der Waals surface area contributed by atoms with Gasteiger partial charge >= 0.3 is 0 Å². The third kappa shape index (κ3) is 2.98. The predicted molar refractivity (Wildman–Crippen MR) is 86.7 cm³/mol. The second kappa shape index (κ2) is 5.97. The molecule has 1 heterocycles. The number of hydrogen-bond donors (Lipinski definition) is 1. The second-order valence-electron chi connectivity index (χ2n) is 5.42. The Kier molecular flexibility index (Phi) is 3.87. The lowest BCUT2D eigenvalue weighted by Crippen LogP contribution is -2.15. The number of nitrogens with one attached hydrogen (secondary N) is 1. The highest BCUT2D eigenvalue weighted by Gasteiger charge is 2.08. The summed E-state index contributed by atoms with van der Waals surface area (Å²) >= 11 is 0. The molecule has 0 saturated carbocycles. The number of fused-ring (bicyclic) bond motifs is 1. The van der Waals surface area contributed by atoms with E-state index in [1.807, 2.05) is 56.3 Å². The van der Waals surface area contributed by atoms with Gasteiger partial charge in [-0.2, -0.15) is 0 Å². The standard InChI is InChI=1S/C17H18N4O/c1-12-7-8-13(2)15(11-12)18-17(22)9-10-21-16-6-4-3-5-14(16)19-20-21/h3-8,11H,9-10H2,1-2H3,(H,18,22). The molecule has 3 aromatic rings. The van der Waals surface area contributed by atoms with Gasteiger partial charge in [0.05, 0.1) is 12.1 Å². The summed E-state index contributed by atoms with van der Waals surface area (Å²) in [6.07, 6.45) is 0.362. The summed E-state index contributed by atoms with van der Waals surface area (Å²) in [6.45, 7) is 4.51. The number of carbonyl (C=O) groups is 1. The van der Waals surface area contributed by atoms with E-state index in [4.69, 9.17) is 0 Å². The summed E-state index contributed by atoms with van der Waals surface area (Å²) in [7, 11) is 0. The molecular weight excluding hydrogens is 276 g/mol. The van der Waals surface area contributed by atoms with E-state index in [0.717, 1.165) is 27.8 Å². The van der Waals surface area contributed by atoms with E-state index in [-0.39, 0.29) is 5.91 Å². The van der Waals surface area contributed by atoms with E-state index >= 15 is 0 Å². The van der Waals surface area contributed by atoms with E-state index in [9.17, 15) is 4.79 Å². The number of aryl methyl sites for hydroxylation is 3. The van der Waals surface area contributed by atoms with Gasteiger partial charge in [0, 0.05) is 12.1 Å². The Morgan fingerprint density at radius 3 is 2.86 bits per heavy atom. The number of carbonyl (C=O) groups excluding carboxylic acids is 1. The number of amides is 1. The number of benzene rings is 2. The second-order valence-corrected chi connectivity index (χ2v) is 5.42. The van der Waals surface area contributed by atoms with Crippen LogP contribution in [0, 0.1) is 13.8 Å². The summed E-state index contributed by atoms with van der Waals surface area (Å²) in [5.74, 6) is -0.0201. The Bertz CT molecular complexity index is 822. The van der Waals surface area contributed by atoms with Crippen molar-refractivity contribution >= 4 is 22.6 Å². The first-order valence-corrected chi connectivity index (χ1v) is 7.29. The van der Waals surface area contributed by atoms with E-state index in [0.29, 0.717) is 13.0 Å². The van der Waals surface area contributed by atoms with Crippen molar-refractivity contribution in [3.05, 3.63) is 53.6 Å². The Morgan fingerprint density at radius 2 is 2.00 bits per heavy atom. The smallest absolute Gasteiger partial charge is 0.226 e. The lowest BCUT2D eigenvalue weighted by molar-refractivity contribution is -0.116. The van der Waals surface area contributed by atoms with Crippen LogP contribution in [0.3, 0.4) is 0 Å². The van der Waals surface area contributed by atoms with Crippen LogP contribution in [-0.2, 0) is 11.3 Å². The fraction of sp³-hybridized carbons (Fsp3) is 0.235. The zero-order valence-electron chi connectivity index (χ0n) is 12.7. The lowest BCUT2D eigenvalue weighted by atomic mass is 10.1. The van der Waals surface area contributed by atoms with Crippen LogP contribution in [-0.4, -0.2) is 20.9 Å². The molecule has 5 nitrogen and oxygen atoms in total. The van der Waals surface area contributed by atoms with Gasteiger partial charge in [-0.1, -0.05) is 29.5 Å². The molecule has 0 radical (unpaired) electrons. The number of rotatable bonds is 4. The largest absolute Gasteiger partial charge is 0.326 e. The molecule has 0 unspecified atom stereocenters. The molecule has 1 amide bonds. The highest BCUT2D eigenvalue weighted by atomic mass is 16.1. The first-order chi connectivity index (χ1) is 10.6. The number of aromatic nitrogens is 3. The fourth-order valence-electron chi connectivity index (χ4n) is 2.37. The van der Waals surface area contributed by atoms with Crippen molar-refractivity contribution in [2.24, 2.45) is 0 Å². The van der Waals surface area contributed by atoms with Crippen LogP contribution in [0.15, 0.2) is 42.5 Å². The van der Waals surface area contributed by atoms with Gasteiger partial charge in [0.15, 0.2) is 0 Å². The molecule has 0 saturated heterocycles. The van der Waals surface area contributed by atoms with E-state index in [1.54, 1.807) is 4.68 Å². The third-order valence-corrected chi connectivity index (χ3v) is 3.64. The fourth-order valence-corrected chi connectivity index (χ4v) is 2.37. The Hall–Kier alpha value is -2.69. The van der Waals surface area contributed by atoms with Gasteiger partial charge in [0.2, 0.25) is 5.91 Å². The first kappa shape index (κ1) is 14.3. The maximum absolute atomic E-state index is 12.1. The minimum atomic E-state index is -0.0201. The summed E-state index contributed by atoms with van der Waals surface area (Å²) < 4.78 is 1.76. The SMILES string of the molecule is Cc1ccc(C)c(NC(=O)CCn2nnc3ccccc32)c1. The maximum atomic E-state index is 12.1. The molecule has 5 heteroatoms. The van der Waals surface area contributed by atoms with Crippen molar-refractivity contribution < 1.29 is 4.79 Å². The molecule has 0 fully saturated rings.